The van der Waals surface area contributed by atoms with Gasteiger partial charge < -0.3 is 72.0 Å². The quantitative estimate of drug-likeness (QED) is 0.0524. The zero-order chi connectivity index (χ0) is 48.9. The maximum absolute atomic E-state index is 11.1. The van der Waals surface area contributed by atoms with Gasteiger partial charge in [0.25, 0.3) is 0 Å². The molecule has 3 saturated heterocycles. The second-order valence-electron chi connectivity index (χ2n) is 14.0. The summed E-state index contributed by atoms with van der Waals surface area (Å²) < 4.78 is 48.3. The number of carbonyl (C=O) groups is 8. The Morgan fingerprint density at radius 1 is 0.613 bits per heavy atom. The number of aliphatic hydroxyl groups excluding tert-OH is 3. The summed E-state index contributed by atoms with van der Waals surface area (Å²) in [6.45, 7) is 13.8. The van der Waals surface area contributed by atoms with E-state index in [9.17, 15) is 38.4 Å². The van der Waals surface area contributed by atoms with Crippen molar-refractivity contribution in [1.82, 2.24) is 0 Å². The molecule has 3 aliphatic rings. The highest BCUT2D eigenvalue weighted by atomic mass is 31.0. The van der Waals surface area contributed by atoms with Crippen LogP contribution in [0.4, 0.5) is 0 Å². The first-order valence-corrected chi connectivity index (χ1v) is 20.4. The number of carbonyl (C=O) groups excluding carboxylic acids is 6. The number of hydrogen-bond acceptors (Lipinski definition) is 21. The minimum absolute atomic E-state index is 0.0597. The molecule has 0 aromatic carbocycles. The van der Waals surface area contributed by atoms with Crippen LogP contribution in [0.5, 0.6) is 0 Å². The smallest absolute Gasteiger partial charge is 0.338 e. The first-order chi connectivity index (χ1) is 28.5. The molecule has 0 aromatic rings. The standard InChI is InChI=1S/C7H10O5.C7H13O4P.C7H12O4.C5H11O3P.C5H9O3P.C4H9O4P/c1-7(2)11-4(3-5(8)9)6(10)12-7;1-7(2)10-5(3-4-9-12)6(8)11-7;1-7(2)10-5(3-4-8)6(9)11-7;2*1-4(6)5(7)2-3-8-9;5-3(4(6)7)1-2-8-9/h4H,3H2,1-2H3,(H,8,9);5H,3-4,12H2,1-2H3;5,8H,3-4H2,1-2H3;5,7H,2-3,9H2,1H3;2-3,9H2,1H3;3,5H,1-2,9H2,(H,6,7). The number of cyclic esters (lactones) is 3. The zero-order valence-electron chi connectivity index (χ0n) is 36.1. The van der Waals surface area contributed by atoms with Crippen LogP contribution in [0.2, 0.25) is 0 Å². The van der Waals surface area contributed by atoms with Gasteiger partial charge in [-0.25, -0.2) is 19.2 Å². The lowest BCUT2D eigenvalue weighted by Crippen LogP contribution is -2.23. The van der Waals surface area contributed by atoms with Crippen molar-refractivity contribution in [3.05, 3.63) is 0 Å². The van der Waals surface area contributed by atoms with Crippen LogP contribution in [0.1, 0.15) is 93.9 Å². The van der Waals surface area contributed by atoms with Crippen LogP contribution < -0.4 is 0 Å². The summed E-state index contributed by atoms with van der Waals surface area (Å²) in [7, 11) is 8.17. The Bertz CT molecular complexity index is 1370. The fraction of sp³-hybridized carbons (Fsp3) is 0.771. The fourth-order valence-electron chi connectivity index (χ4n) is 4.11. The number of ether oxygens (including phenoxy) is 6. The minimum atomic E-state index is -1.30. The van der Waals surface area contributed by atoms with Gasteiger partial charge in [-0.05, 0) is 6.92 Å². The van der Waals surface area contributed by atoms with Crippen molar-refractivity contribution in [3.63, 3.8) is 0 Å². The molecule has 62 heavy (non-hydrogen) atoms. The van der Waals surface area contributed by atoms with Gasteiger partial charge in [0.15, 0.2) is 41.8 Å². The number of ketones is 3. The lowest BCUT2D eigenvalue weighted by Gasteiger charge is -2.14. The molecule has 3 aliphatic heterocycles. The molecule has 3 fully saturated rings. The van der Waals surface area contributed by atoms with Gasteiger partial charge in [0.05, 0.1) is 32.8 Å². The van der Waals surface area contributed by atoms with Crippen LogP contribution in [-0.4, -0.2) is 154 Å². The summed E-state index contributed by atoms with van der Waals surface area (Å²) in [6.07, 6.45) is -3.00. The highest BCUT2D eigenvalue weighted by Gasteiger charge is 2.42. The highest BCUT2D eigenvalue weighted by Crippen LogP contribution is 2.27. The average molecular weight is 977 g/mol. The van der Waals surface area contributed by atoms with Gasteiger partial charge in [0.2, 0.25) is 17.4 Å². The largest absolute Gasteiger partial charge is 0.481 e. The summed E-state index contributed by atoms with van der Waals surface area (Å²) >= 11 is 0. The highest BCUT2D eigenvalue weighted by molar-refractivity contribution is 7.10. The number of aliphatic hydroxyl groups is 3. The topological polar surface area (TPSA) is 330 Å². The summed E-state index contributed by atoms with van der Waals surface area (Å²) in [5.74, 6) is -7.16. The molecule has 0 amide bonds. The Kier molecular flexibility index (Phi) is 35.2. The Morgan fingerprint density at radius 3 is 1.27 bits per heavy atom. The maximum Gasteiger partial charge on any atom is 0.338 e. The van der Waals surface area contributed by atoms with Crippen LogP contribution in [0, 0.1) is 0 Å². The van der Waals surface area contributed by atoms with Gasteiger partial charge in [-0.2, -0.15) is 0 Å². The molecule has 9 unspecified atom stereocenters. The lowest BCUT2D eigenvalue weighted by atomic mass is 10.2. The molecule has 3 rings (SSSR count). The molecule has 9 atom stereocenters. The number of rotatable bonds is 19. The van der Waals surface area contributed by atoms with E-state index in [1.54, 1.807) is 41.5 Å². The molecule has 27 heteroatoms. The monoisotopic (exact) mass is 976 g/mol. The Balaban J connectivity index is -0.000000678. The van der Waals surface area contributed by atoms with Crippen molar-refractivity contribution in [2.45, 2.75) is 142 Å². The molecule has 0 bridgehead atoms. The number of carboxylic acids is 2. The fourth-order valence-corrected chi connectivity index (χ4v) is 4.64. The number of hydrogen-bond donors (Lipinski definition) is 5. The van der Waals surface area contributed by atoms with Crippen molar-refractivity contribution >= 4 is 85.1 Å². The molecule has 3 heterocycles. The van der Waals surface area contributed by atoms with E-state index in [1.807, 2.05) is 18.9 Å². The van der Waals surface area contributed by atoms with E-state index in [2.05, 4.69) is 32.5 Å². The van der Waals surface area contributed by atoms with Crippen molar-refractivity contribution in [3.8, 4) is 0 Å². The van der Waals surface area contributed by atoms with E-state index in [-0.39, 0.29) is 56.0 Å². The second-order valence-corrected chi connectivity index (χ2v) is 15.3. The normalized spacial score (nSPS) is 20.7. The molecular formula is C35H64O23P4. The molecule has 0 spiro atoms. The molecule has 0 aromatic heterocycles. The third kappa shape index (κ3) is 33.2. The Hall–Kier alpha value is -2.32. The van der Waals surface area contributed by atoms with Crippen LogP contribution in [-0.2, 0) is 84.9 Å². The Morgan fingerprint density at radius 2 is 0.984 bits per heavy atom. The van der Waals surface area contributed by atoms with E-state index >= 15 is 0 Å². The van der Waals surface area contributed by atoms with Crippen LogP contribution >= 0.6 is 37.9 Å². The van der Waals surface area contributed by atoms with Crippen LogP contribution in [0.25, 0.3) is 0 Å². The molecule has 23 nitrogen and oxygen atoms in total. The Labute approximate surface area is 369 Å². The van der Waals surface area contributed by atoms with Gasteiger partial charge >= 0.3 is 29.8 Å². The van der Waals surface area contributed by atoms with Crippen molar-refractivity contribution in [1.29, 1.82) is 0 Å². The minimum Gasteiger partial charge on any atom is -0.481 e. The van der Waals surface area contributed by atoms with E-state index in [1.165, 1.54) is 13.8 Å². The maximum atomic E-state index is 11.1. The molecule has 0 aliphatic carbocycles. The number of aliphatic carboxylic acids is 2. The summed E-state index contributed by atoms with van der Waals surface area (Å²) in [5.41, 5.74) is 0. The molecule has 362 valence electrons. The molecule has 0 saturated carbocycles. The second kappa shape index (κ2) is 34.1. The van der Waals surface area contributed by atoms with Gasteiger partial charge in [0.1, 0.15) is 6.10 Å². The summed E-state index contributed by atoms with van der Waals surface area (Å²) in [6, 6.07) is 0. The van der Waals surface area contributed by atoms with Gasteiger partial charge in [-0.15, -0.1) is 0 Å². The van der Waals surface area contributed by atoms with E-state index in [0.29, 0.717) is 39.1 Å². The molecule has 0 radical (unpaired) electrons. The van der Waals surface area contributed by atoms with Crippen molar-refractivity contribution in [2.24, 2.45) is 0 Å². The lowest BCUT2D eigenvalue weighted by molar-refractivity contribution is -0.162. The summed E-state index contributed by atoms with van der Waals surface area (Å²) in [5, 5.41) is 42.4. The first-order valence-electron chi connectivity index (χ1n) is 18.5. The zero-order valence-corrected chi connectivity index (χ0v) is 40.7. The number of Topliss-reactive ketones (excluding diaryl/α,β-unsaturated/α-hetero) is 3. The third-order valence-electron chi connectivity index (χ3n) is 6.97. The number of esters is 3. The van der Waals surface area contributed by atoms with Crippen LogP contribution in [0.15, 0.2) is 0 Å². The van der Waals surface area contributed by atoms with Gasteiger partial charge in [-0.3, -0.25) is 19.2 Å². The predicted octanol–water partition coefficient (Wildman–Crippen LogP) is 1.15. The van der Waals surface area contributed by atoms with Crippen LogP contribution in [0.3, 0.4) is 0 Å². The van der Waals surface area contributed by atoms with Gasteiger partial charge in [0, 0.05) is 125 Å². The van der Waals surface area contributed by atoms with Gasteiger partial charge in [-0.1, -0.05) is 0 Å². The van der Waals surface area contributed by atoms with Crippen molar-refractivity contribution in [2.75, 3.05) is 33.0 Å². The summed E-state index contributed by atoms with van der Waals surface area (Å²) in [4.78, 5) is 84.1. The van der Waals surface area contributed by atoms with E-state index < -0.39 is 71.6 Å². The van der Waals surface area contributed by atoms with Crippen molar-refractivity contribution < 1.29 is 110 Å². The molecular weight excluding hydrogens is 912 g/mol. The third-order valence-corrected chi connectivity index (χ3v) is 7.91. The molecule has 5 N–H and O–H groups in total. The van der Waals surface area contributed by atoms with E-state index in [0.717, 1.165) is 0 Å². The van der Waals surface area contributed by atoms with E-state index in [4.69, 9.17) is 58.5 Å². The predicted molar refractivity (Wildman–Crippen MR) is 226 cm³/mol. The average Bonchev–Trinajstić information content (AvgIpc) is 3.70. The first kappa shape index (κ1) is 64.0. The number of carboxylic acid groups (broad SMARTS) is 2. The SMILES string of the molecule is CC(=O)C(=O)CCOP.CC(=O)C(O)CCOP.CC1(C)OC(=O)C(CC(=O)O)O1.CC1(C)OC(=O)C(CCO)O1.CC1(C)OC(=O)C(CCOP)O1.O=C(O)C(O)CCOP.